The smallest absolute Gasteiger partial charge is 0.343 e. The van der Waals surface area contributed by atoms with E-state index >= 15 is 0 Å². The second-order valence-corrected chi connectivity index (χ2v) is 7.14. The largest absolute Gasteiger partial charge is 0.493 e. The number of carbonyl (C=O) groups excluding carboxylic acids is 3. The van der Waals surface area contributed by atoms with Crippen LogP contribution in [-0.2, 0) is 9.53 Å². The van der Waals surface area contributed by atoms with E-state index < -0.39 is 5.97 Å². The molecule has 9 heteroatoms. The lowest BCUT2D eigenvalue weighted by molar-refractivity contribution is -0.142. The molecule has 3 aromatic rings. The maximum atomic E-state index is 12.6. The molecule has 0 spiro atoms. The normalized spacial score (nSPS) is 10.1. The molecule has 2 N–H and O–H groups in total. The minimum Gasteiger partial charge on any atom is -0.493 e. The van der Waals surface area contributed by atoms with Gasteiger partial charge in [-0.05, 0) is 53.9 Å². The van der Waals surface area contributed by atoms with E-state index in [1.54, 1.807) is 42.5 Å². The van der Waals surface area contributed by atoms with E-state index in [1.807, 2.05) is 11.4 Å². The van der Waals surface area contributed by atoms with E-state index in [4.69, 9.17) is 9.47 Å². The van der Waals surface area contributed by atoms with Crippen molar-refractivity contribution in [3.8, 4) is 11.5 Å². The van der Waals surface area contributed by atoms with Gasteiger partial charge in [-0.2, -0.15) is 0 Å². The maximum Gasteiger partial charge on any atom is 0.343 e. The molecule has 0 bridgehead atoms. The first kappa shape index (κ1) is 21.8. The van der Waals surface area contributed by atoms with E-state index in [0.717, 1.165) is 0 Å². The monoisotopic (exact) mass is 440 g/mol. The molecule has 0 unspecified atom stereocenters. The summed E-state index contributed by atoms with van der Waals surface area (Å²) in [6.07, 6.45) is 0. The van der Waals surface area contributed by atoms with Gasteiger partial charge in [0.05, 0.1) is 19.1 Å². The third kappa shape index (κ3) is 5.83. The molecule has 2 amide bonds. The number of thiophene rings is 1. The van der Waals surface area contributed by atoms with Crippen LogP contribution >= 0.6 is 11.3 Å². The highest BCUT2D eigenvalue weighted by Gasteiger charge is 2.13. The van der Waals surface area contributed by atoms with Crippen LogP contribution in [0.2, 0.25) is 0 Å². The van der Waals surface area contributed by atoms with E-state index in [9.17, 15) is 14.4 Å². The standard InChI is InChI=1S/C22H20N2O6S/c1-28-18-12-14(5-10-17(18)30-13-20(25)29-2)21(26)23-15-6-8-16(9-7-15)24-22(27)19-4-3-11-31-19/h3-12H,13H2,1-2H3,(H,23,26)(H,24,27). The zero-order chi connectivity index (χ0) is 22.2. The fourth-order valence-electron chi connectivity index (χ4n) is 2.56. The van der Waals surface area contributed by atoms with Gasteiger partial charge < -0.3 is 24.8 Å². The second kappa shape index (κ2) is 10.3. The Morgan fingerprint density at radius 2 is 1.55 bits per heavy atom. The summed E-state index contributed by atoms with van der Waals surface area (Å²) in [7, 11) is 2.70. The van der Waals surface area contributed by atoms with E-state index in [-0.39, 0.29) is 18.4 Å². The van der Waals surface area contributed by atoms with Crippen LogP contribution in [0.5, 0.6) is 11.5 Å². The van der Waals surface area contributed by atoms with Crippen molar-refractivity contribution in [2.45, 2.75) is 0 Å². The van der Waals surface area contributed by atoms with Gasteiger partial charge in [-0.1, -0.05) is 6.07 Å². The van der Waals surface area contributed by atoms with Crippen molar-refractivity contribution in [1.29, 1.82) is 0 Å². The highest BCUT2D eigenvalue weighted by molar-refractivity contribution is 7.12. The molecule has 0 radical (unpaired) electrons. The number of anilines is 2. The molecular formula is C22H20N2O6S. The summed E-state index contributed by atoms with van der Waals surface area (Å²) in [5, 5.41) is 7.41. The molecule has 0 saturated carbocycles. The molecule has 0 aliphatic rings. The van der Waals surface area contributed by atoms with Gasteiger partial charge in [0.15, 0.2) is 18.1 Å². The average molecular weight is 440 g/mol. The zero-order valence-corrected chi connectivity index (χ0v) is 17.7. The number of amides is 2. The molecule has 0 fully saturated rings. The quantitative estimate of drug-likeness (QED) is 0.517. The Balaban J connectivity index is 1.62. The Bertz CT molecular complexity index is 1060. The van der Waals surface area contributed by atoms with Crippen molar-refractivity contribution in [2.24, 2.45) is 0 Å². The molecule has 1 heterocycles. The predicted octanol–water partition coefficient (Wildman–Crippen LogP) is 3.81. The van der Waals surface area contributed by atoms with E-state index in [0.29, 0.717) is 33.3 Å². The molecule has 3 rings (SSSR count). The minimum atomic E-state index is -0.529. The molecule has 0 aliphatic carbocycles. The number of carbonyl (C=O) groups is 3. The van der Waals surface area contributed by atoms with Crippen molar-refractivity contribution in [2.75, 3.05) is 31.5 Å². The summed E-state index contributed by atoms with van der Waals surface area (Å²) in [5.74, 6) is -0.445. The molecule has 2 aromatic carbocycles. The summed E-state index contributed by atoms with van der Waals surface area (Å²) >= 11 is 1.36. The van der Waals surface area contributed by atoms with E-state index in [1.165, 1.54) is 31.6 Å². The molecule has 0 aliphatic heterocycles. The van der Waals surface area contributed by atoms with Crippen molar-refractivity contribution < 1.29 is 28.6 Å². The minimum absolute atomic E-state index is 0.187. The predicted molar refractivity (Wildman–Crippen MR) is 117 cm³/mol. The molecule has 0 saturated heterocycles. The van der Waals surface area contributed by atoms with Crippen LogP contribution in [0.3, 0.4) is 0 Å². The average Bonchev–Trinajstić information content (AvgIpc) is 3.33. The van der Waals surface area contributed by atoms with E-state index in [2.05, 4.69) is 15.4 Å². The van der Waals surface area contributed by atoms with Gasteiger partial charge in [-0.3, -0.25) is 9.59 Å². The fourth-order valence-corrected chi connectivity index (χ4v) is 3.18. The first-order valence-electron chi connectivity index (χ1n) is 9.14. The van der Waals surface area contributed by atoms with Gasteiger partial charge in [0.1, 0.15) is 0 Å². The highest BCUT2D eigenvalue weighted by atomic mass is 32.1. The van der Waals surface area contributed by atoms with Crippen LogP contribution in [0.15, 0.2) is 60.0 Å². The zero-order valence-electron chi connectivity index (χ0n) is 16.8. The Labute approximate surface area is 182 Å². The Hall–Kier alpha value is -3.85. The van der Waals surface area contributed by atoms with Gasteiger partial charge in [0.25, 0.3) is 11.8 Å². The van der Waals surface area contributed by atoms with Crippen molar-refractivity contribution >= 4 is 40.5 Å². The number of methoxy groups -OCH3 is 2. The van der Waals surface area contributed by atoms with Crippen LogP contribution in [0.4, 0.5) is 11.4 Å². The van der Waals surface area contributed by atoms with Crippen LogP contribution in [-0.4, -0.2) is 38.6 Å². The first-order valence-corrected chi connectivity index (χ1v) is 10.0. The third-order valence-electron chi connectivity index (χ3n) is 4.14. The van der Waals surface area contributed by atoms with Gasteiger partial charge >= 0.3 is 5.97 Å². The molecule has 0 atom stereocenters. The topological polar surface area (TPSA) is 103 Å². The summed E-state index contributed by atoms with van der Waals surface area (Å²) < 4.78 is 15.1. The third-order valence-corrected chi connectivity index (χ3v) is 5.01. The van der Waals surface area contributed by atoms with Crippen molar-refractivity contribution in [3.63, 3.8) is 0 Å². The molecule has 8 nitrogen and oxygen atoms in total. The summed E-state index contributed by atoms with van der Waals surface area (Å²) in [5.41, 5.74) is 1.52. The highest BCUT2D eigenvalue weighted by Crippen LogP contribution is 2.28. The van der Waals surface area contributed by atoms with Crippen LogP contribution in [0.1, 0.15) is 20.0 Å². The number of benzene rings is 2. The fraction of sp³-hybridized carbons (Fsp3) is 0.136. The number of hydrogen-bond donors (Lipinski definition) is 2. The maximum absolute atomic E-state index is 12.6. The molecule has 160 valence electrons. The Kier molecular flexibility index (Phi) is 7.23. The number of nitrogens with one attached hydrogen (secondary N) is 2. The summed E-state index contributed by atoms with van der Waals surface area (Å²) in [4.78, 5) is 36.5. The number of ether oxygens (including phenoxy) is 3. The SMILES string of the molecule is COC(=O)COc1ccc(C(=O)Nc2ccc(NC(=O)c3cccs3)cc2)cc1OC. The molecule has 31 heavy (non-hydrogen) atoms. The number of hydrogen-bond acceptors (Lipinski definition) is 7. The number of esters is 1. The van der Waals surface area contributed by atoms with Gasteiger partial charge in [-0.15, -0.1) is 11.3 Å². The van der Waals surface area contributed by atoms with Gasteiger partial charge in [0.2, 0.25) is 0 Å². The summed E-state index contributed by atoms with van der Waals surface area (Å²) in [6, 6.07) is 14.9. The lowest BCUT2D eigenvalue weighted by Gasteiger charge is -2.12. The lowest BCUT2D eigenvalue weighted by Crippen LogP contribution is -2.14. The van der Waals surface area contributed by atoms with Crippen molar-refractivity contribution in [1.82, 2.24) is 0 Å². The Morgan fingerprint density at radius 3 is 2.13 bits per heavy atom. The summed E-state index contributed by atoms with van der Waals surface area (Å²) in [6.45, 7) is -0.270. The van der Waals surface area contributed by atoms with Crippen LogP contribution in [0.25, 0.3) is 0 Å². The van der Waals surface area contributed by atoms with Gasteiger partial charge in [-0.25, -0.2) is 4.79 Å². The van der Waals surface area contributed by atoms with Gasteiger partial charge in [0, 0.05) is 16.9 Å². The lowest BCUT2D eigenvalue weighted by atomic mass is 10.1. The second-order valence-electron chi connectivity index (χ2n) is 6.19. The Morgan fingerprint density at radius 1 is 0.871 bits per heavy atom. The molecular weight excluding hydrogens is 420 g/mol. The number of rotatable bonds is 8. The van der Waals surface area contributed by atoms with Crippen molar-refractivity contribution in [3.05, 3.63) is 70.4 Å². The van der Waals surface area contributed by atoms with Crippen LogP contribution < -0.4 is 20.1 Å². The molecule has 1 aromatic heterocycles. The first-order chi connectivity index (χ1) is 15.0. The van der Waals surface area contributed by atoms with Crippen LogP contribution in [0, 0.1) is 0 Å².